The standard InChI is InChI=1S/C32H18Br2/c33-24-12-8-19(9-13-24)27-18-23-6-3-7-26-28-16-21-4-1-2-5-22(21)17-29(28)32(31(23)26)30(27)20-10-14-25(34)15-11-20/h1-18H. The number of benzene rings is 6. The molecule has 6 aromatic rings. The van der Waals surface area contributed by atoms with Gasteiger partial charge in [0, 0.05) is 8.95 Å². The molecule has 34 heavy (non-hydrogen) atoms. The third-order valence-electron chi connectivity index (χ3n) is 6.90. The molecule has 0 aromatic heterocycles. The largest absolute Gasteiger partial charge is 0.0616 e. The van der Waals surface area contributed by atoms with Gasteiger partial charge in [0.2, 0.25) is 0 Å². The molecule has 160 valence electrons. The van der Waals surface area contributed by atoms with Crippen LogP contribution in [0.15, 0.2) is 118 Å². The highest BCUT2D eigenvalue weighted by molar-refractivity contribution is 9.10. The zero-order valence-corrected chi connectivity index (χ0v) is 21.3. The Labute approximate surface area is 215 Å². The van der Waals surface area contributed by atoms with E-state index in [1.54, 1.807) is 0 Å². The fourth-order valence-electron chi connectivity index (χ4n) is 5.39. The van der Waals surface area contributed by atoms with Gasteiger partial charge in [0.15, 0.2) is 0 Å². The van der Waals surface area contributed by atoms with E-state index in [-0.39, 0.29) is 0 Å². The van der Waals surface area contributed by atoms with Crippen molar-refractivity contribution < 1.29 is 0 Å². The average molecular weight is 562 g/mol. The fourth-order valence-corrected chi connectivity index (χ4v) is 5.92. The molecular formula is C32H18Br2. The summed E-state index contributed by atoms with van der Waals surface area (Å²) < 4.78 is 2.18. The lowest BCUT2D eigenvalue weighted by Gasteiger charge is -2.18. The first-order valence-corrected chi connectivity index (χ1v) is 12.9. The van der Waals surface area contributed by atoms with Crippen LogP contribution in [0.4, 0.5) is 0 Å². The molecule has 0 atom stereocenters. The summed E-state index contributed by atoms with van der Waals surface area (Å²) in [5, 5.41) is 5.19. The molecule has 7 rings (SSSR count). The van der Waals surface area contributed by atoms with E-state index in [2.05, 4.69) is 141 Å². The van der Waals surface area contributed by atoms with E-state index in [1.165, 1.54) is 66.1 Å². The van der Waals surface area contributed by atoms with Crippen LogP contribution in [-0.4, -0.2) is 0 Å². The fraction of sp³-hybridized carbons (Fsp3) is 0. The van der Waals surface area contributed by atoms with Crippen molar-refractivity contribution in [3.05, 3.63) is 118 Å². The molecule has 0 radical (unpaired) electrons. The molecule has 0 heterocycles. The molecule has 0 saturated heterocycles. The summed E-state index contributed by atoms with van der Waals surface area (Å²) in [7, 11) is 0. The second-order valence-electron chi connectivity index (χ2n) is 8.84. The van der Waals surface area contributed by atoms with Gasteiger partial charge in [-0.1, -0.05) is 98.6 Å². The minimum absolute atomic E-state index is 1.09. The normalized spacial score (nSPS) is 11.8. The van der Waals surface area contributed by atoms with Gasteiger partial charge in [0.25, 0.3) is 0 Å². The number of rotatable bonds is 2. The highest BCUT2D eigenvalue weighted by Crippen LogP contribution is 2.54. The van der Waals surface area contributed by atoms with E-state index in [0.29, 0.717) is 0 Å². The topological polar surface area (TPSA) is 0 Å². The van der Waals surface area contributed by atoms with E-state index < -0.39 is 0 Å². The van der Waals surface area contributed by atoms with Crippen LogP contribution in [-0.2, 0) is 0 Å². The Kier molecular flexibility index (Phi) is 4.55. The van der Waals surface area contributed by atoms with Crippen molar-refractivity contribution in [1.29, 1.82) is 0 Å². The summed E-state index contributed by atoms with van der Waals surface area (Å²) in [6.45, 7) is 0. The van der Waals surface area contributed by atoms with Crippen LogP contribution < -0.4 is 0 Å². The molecule has 0 fully saturated rings. The van der Waals surface area contributed by atoms with Crippen LogP contribution >= 0.6 is 31.9 Å². The van der Waals surface area contributed by atoms with E-state index >= 15 is 0 Å². The van der Waals surface area contributed by atoms with Crippen LogP contribution in [0.3, 0.4) is 0 Å². The van der Waals surface area contributed by atoms with E-state index in [0.717, 1.165) is 8.95 Å². The molecular weight excluding hydrogens is 544 g/mol. The first-order valence-electron chi connectivity index (χ1n) is 11.3. The lowest BCUT2D eigenvalue weighted by Crippen LogP contribution is -1.91. The molecule has 1 aliphatic carbocycles. The van der Waals surface area contributed by atoms with Crippen LogP contribution in [0.1, 0.15) is 0 Å². The Bertz CT molecular complexity index is 1740. The molecule has 0 unspecified atom stereocenters. The van der Waals surface area contributed by atoms with Gasteiger partial charge in [-0.25, -0.2) is 0 Å². The minimum Gasteiger partial charge on any atom is -0.0616 e. The van der Waals surface area contributed by atoms with Crippen molar-refractivity contribution >= 4 is 53.4 Å². The molecule has 0 N–H and O–H groups in total. The molecule has 0 aliphatic heterocycles. The van der Waals surface area contributed by atoms with Gasteiger partial charge in [-0.3, -0.25) is 0 Å². The Balaban J connectivity index is 1.66. The van der Waals surface area contributed by atoms with Gasteiger partial charge in [0.05, 0.1) is 0 Å². The second-order valence-corrected chi connectivity index (χ2v) is 10.7. The molecule has 0 spiro atoms. The molecule has 0 bridgehead atoms. The summed E-state index contributed by atoms with van der Waals surface area (Å²) in [6.07, 6.45) is 0. The maximum atomic E-state index is 3.62. The van der Waals surface area contributed by atoms with Gasteiger partial charge in [-0.2, -0.15) is 0 Å². The maximum absolute atomic E-state index is 3.62. The van der Waals surface area contributed by atoms with Crippen molar-refractivity contribution in [2.24, 2.45) is 0 Å². The van der Waals surface area contributed by atoms with Crippen LogP contribution in [0.2, 0.25) is 0 Å². The average Bonchev–Trinajstić information content (AvgIpc) is 3.18. The quantitative estimate of drug-likeness (QED) is 0.197. The van der Waals surface area contributed by atoms with Gasteiger partial charge >= 0.3 is 0 Å². The third kappa shape index (κ3) is 3.02. The van der Waals surface area contributed by atoms with Gasteiger partial charge in [-0.05, 0) is 109 Å². The van der Waals surface area contributed by atoms with Gasteiger partial charge < -0.3 is 0 Å². The number of hydrogen-bond acceptors (Lipinski definition) is 0. The predicted octanol–water partition coefficient (Wildman–Crippen LogP) is 10.5. The van der Waals surface area contributed by atoms with Crippen molar-refractivity contribution in [1.82, 2.24) is 0 Å². The maximum Gasteiger partial charge on any atom is 0.0175 e. The van der Waals surface area contributed by atoms with E-state index in [4.69, 9.17) is 0 Å². The van der Waals surface area contributed by atoms with Gasteiger partial charge in [-0.15, -0.1) is 0 Å². The molecule has 0 nitrogen and oxygen atoms in total. The highest BCUT2D eigenvalue weighted by Gasteiger charge is 2.27. The van der Waals surface area contributed by atoms with E-state index in [1.807, 2.05) is 0 Å². The Morgan fingerprint density at radius 3 is 1.62 bits per heavy atom. The highest BCUT2D eigenvalue weighted by atomic mass is 79.9. The zero-order chi connectivity index (χ0) is 22.8. The monoisotopic (exact) mass is 560 g/mol. The summed E-state index contributed by atoms with van der Waals surface area (Å²) in [6, 6.07) is 39.9. The van der Waals surface area contributed by atoms with Crippen LogP contribution in [0.25, 0.3) is 66.1 Å². The van der Waals surface area contributed by atoms with Gasteiger partial charge in [0.1, 0.15) is 0 Å². The molecule has 0 saturated carbocycles. The lowest BCUT2D eigenvalue weighted by molar-refractivity contribution is 1.58. The van der Waals surface area contributed by atoms with Crippen molar-refractivity contribution in [2.45, 2.75) is 0 Å². The molecule has 1 aliphatic rings. The summed E-state index contributed by atoms with van der Waals surface area (Å²) in [4.78, 5) is 0. The Hall–Kier alpha value is -3.20. The summed E-state index contributed by atoms with van der Waals surface area (Å²) in [5.74, 6) is 0. The van der Waals surface area contributed by atoms with E-state index in [9.17, 15) is 0 Å². The zero-order valence-electron chi connectivity index (χ0n) is 18.1. The summed E-state index contributed by atoms with van der Waals surface area (Å²) in [5.41, 5.74) is 10.3. The SMILES string of the molecule is Brc1ccc(-c2cc3cccc4c3c(c2-c2ccc(Br)cc2)-c2cc3ccccc3cc2-4)cc1. The van der Waals surface area contributed by atoms with Crippen LogP contribution in [0, 0.1) is 0 Å². The Morgan fingerprint density at radius 2 is 0.941 bits per heavy atom. The van der Waals surface area contributed by atoms with Crippen molar-refractivity contribution in [2.75, 3.05) is 0 Å². The Morgan fingerprint density at radius 1 is 0.382 bits per heavy atom. The first kappa shape index (κ1) is 20.2. The number of hydrogen-bond donors (Lipinski definition) is 0. The lowest BCUT2D eigenvalue weighted by atomic mass is 9.86. The van der Waals surface area contributed by atoms with Crippen molar-refractivity contribution in [3.8, 4) is 44.5 Å². The number of halogens is 2. The first-order chi connectivity index (χ1) is 16.7. The molecule has 2 heteroatoms. The predicted molar refractivity (Wildman–Crippen MR) is 152 cm³/mol. The van der Waals surface area contributed by atoms with Crippen molar-refractivity contribution in [3.63, 3.8) is 0 Å². The van der Waals surface area contributed by atoms with Crippen LogP contribution in [0.5, 0.6) is 0 Å². The second kappa shape index (κ2) is 7.66. The molecule has 6 aromatic carbocycles. The minimum atomic E-state index is 1.09. The summed E-state index contributed by atoms with van der Waals surface area (Å²) >= 11 is 7.23. The third-order valence-corrected chi connectivity index (χ3v) is 7.96. The number of fused-ring (bicyclic) bond motifs is 4. The molecule has 0 amide bonds. The smallest absolute Gasteiger partial charge is 0.0175 e.